The van der Waals surface area contributed by atoms with Crippen molar-refractivity contribution in [3.8, 4) is 0 Å². The predicted octanol–water partition coefficient (Wildman–Crippen LogP) is 4.65. The van der Waals surface area contributed by atoms with Gasteiger partial charge in [0.05, 0.1) is 0 Å². The monoisotopic (exact) mass is 222 g/mol. The molecule has 1 fully saturated rings. The fraction of sp³-hybridized carbons (Fsp3) is 0.571. The number of alkyl halides is 1. The highest BCUT2D eigenvalue weighted by Gasteiger charge is 2.22. The summed E-state index contributed by atoms with van der Waals surface area (Å²) in [6.07, 6.45) is 6.43. The number of aryl methyl sites for hydroxylation is 1. The fourth-order valence-electron chi connectivity index (χ4n) is 2.45. The van der Waals surface area contributed by atoms with Crippen molar-refractivity contribution in [2.75, 3.05) is 0 Å². The van der Waals surface area contributed by atoms with Crippen LogP contribution < -0.4 is 0 Å². The van der Waals surface area contributed by atoms with Crippen LogP contribution in [-0.4, -0.2) is 5.38 Å². The molecule has 0 amide bonds. The third kappa shape index (κ3) is 2.75. The van der Waals surface area contributed by atoms with Crippen LogP contribution in [0.2, 0.25) is 0 Å². The van der Waals surface area contributed by atoms with Crippen LogP contribution >= 0.6 is 11.6 Å². The maximum atomic E-state index is 6.46. The van der Waals surface area contributed by atoms with Gasteiger partial charge in [-0.25, -0.2) is 0 Å². The van der Waals surface area contributed by atoms with Crippen LogP contribution in [0.5, 0.6) is 0 Å². The van der Waals surface area contributed by atoms with Crippen LogP contribution in [0.1, 0.15) is 49.1 Å². The SMILES string of the molecule is Cc1ccc(C2CCCCCC2Cl)cc1. The van der Waals surface area contributed by atoms with Crippen molar-refractivity contribution >= 4 is 11.6 Å². The van der Waals surface area contributed by atoms with Gasteiger partial charge in [-0.1, -0.05) is 49.1 Å². The van der Waals surface area contributed by atoms with Crippen molar-refractivity contribution in [1.29, 1.82) is 0 Å². The van der Waals surface area contributed by atoms with E-state index in [2.05, 4.69) is 31.2 Å². The van der Waals surface area contributed by atoms with Gasteiger partial charge in [-0.2, -0.15) is 0 Å². The lowest BCUT2D eigenvalue weighted by Gasteiger charge is -2.20. The summed E-state index contributed by atoms with van der Waals surface area (Å²) in [4.78, 5) is 0. The van der Waals surface area contributed by atoms with E-state index in [0.29, 0.717) is 11.3 Å². The van der Waals surface area contributed by atoms with E-state index in [1.807, 2.05) is 0 Å². The van der Waals surface area contributed by atoms with Crippen LogP contribution in [0.3, 0.4) is 0 Å². The molecule has 2 unspecified atom stereocenters. The Balaban J connectivity index is 2.16. The highest BCUT2D eigenvalue weighted by Crippen LogP contribution is 2.35. The standard InChI is InChI=1S/C14H19Cl/c1-11-7-9-12(10-8-11)13-5-3-2-4-6-14(13)15/h7-10,13-14H,2-6H2,1H3. The zero-order valence-electron chi connectivity index (χ0n) is 9.38. The van der Waals surface area contributed by atoms with E-state index in [-0.39, 0.29) is 0 Å². The first-order valence-corrected chi connectivity index (χ1v) is 6.41. The third-order valence-electron chi connectivity index (χ3n) is 3.44. The van der Waals surface area contributed by atoms with Crippen LogP contribution in [-0.2, 0) is 0 Å². The maximum absolute atomic E-state index is 6.46. The van der Waals surface area contributed by atoms with Gasteiger partial charge < -0.3 is 0 Å². The molecule has 1 aliphatic rings. The van der Waals surface area contributed by atoms with Crippen molar-refractivity contribution in [1.82, 2.24) is 0 Å². The largest absolute Gasteiger partial charge is 0.122 e. The van der Waals surface area contributed by atoms with E-state index in [0.717, 1.165) is 0 Å². The van der Waals surface area contributed by atoms with Gasteiger partial charge in [0.1, 0.15) is 0 Å². The third-order valence-corrected chi connectivity index (χ3v) is 3.96. The molecule has 0 heterocycles. The van der Waals surface area contributed by atoms with E-state index in [1.165, 1.54) is 43.2 Å². The van der Waals surface area contributed by atoms with Gasteiger partial charge in [-0.3, -0.25) is 0 Å². The van der Waals surface area contributed by atoms with E-state index < -0.39 is 0 Å². The molecular formula is C14H19Cl. The lowest BCUT2D eigenvalue weighted by Crippen LogP contribution is -2.11. The second kappa shape index (κ2) is 5.03. The molecule has 2 rings (SSSR count). The van der Waals surface area contributed by atoms with Gasteiger partial charge in [0.15, 0.2) is 0 Å². The lowest BCUT2D eigenvalue weighted by molar-refractivity contribution is 0.600. The number of hydrogen-bond donors (Lipinski definition) is 0. The Labute approximate surface area is 97.6 Å². The molecule has 0 spiro atoms. The Morgan fingerprint density at radius 1 is 1.00 bits per heavy atom. The molecule has 82 valence electrons. The Bertz CT molecular complexity index is 302. The van der Waals surface area contributed by atoms with Gasteiger partial charge >= 0.3 is 0 Å². The second-order valence-corrected chi connectivity index (χ2v) is 5.23. The van der Waals surface area contributed by atoms with Crippen LogP contribution in [0, 0.1) is 6.92 Å². The van der Waals surface area contributed by atoms with E-state index in [4.69, 9.17) is 11.6 Å². The Morgan fingerprint density at radius 2 is 1.67 bits per heavy atom. The molecule has 0 nitrogen and oxygen atoms in total. The summed E-state index contributed by atoms with van der Waals surface area (Å²) in [6.45, 7) is 2.13. The second-order valence-electron chi connectivity index (χ2n) is 4.67. The molecule has 2 atom stereocenters. The van der Waals surface area contributed by atoms with Crippen molar-refractivity contribution in [2.45, 2.75) is 50.3 Å². The summed E-state index contributed by atoms with van der Waals surface area (Å²) in [7, 11) is 0. The molecule has 0 bridgehead atoms. The van der Waals surface area contributed by atoms with E-state index in [1.54, 1.807) is 0 Å². The van der Waals surface area contributed by atoms with Gasteiger partial charge in [0, 0.05) is 11.3 Å². The average Bonchev–Trinajstić information content (AvgIpc) is 2.44. The van der Waals surface area contributed by atoms with Crippen molar-refractivity contribution < 1.29 is 0 Å². The Kier molecular flexibility index (Phi) is 3.69. The summed E-state index contributed by atoms with van der Waals surface area (Å²) in [6, 6.07) is 8.90. The molecule has 1 saturated carbocycles. The lowest BCUT2D eigenvalue weighted by atomic mass is 9.91. The van der Waals surface area contributed by atoms with Crippen molar-refractivity contribution in [2.24, 2.45) is 0 Å². The molecule has 1 heteroatoms. The van der Waals surface area contributed by atoms with Gasteiger partial charge in [-0.05, 0) is 25.3 Å². The first-order chi connectivity index (χ1) is 7.27. The van der Waals surface area contributed by atoms with Crippen LogP contribution in [0.15, 0.2) is 24.3 Å². The van der Waals surface area contributed by atoms with Gasteiger partial charge in [-0.15, -0.1) is 11.6 Å². The van der Waals surface area contributed by atoms with E-state index in [9.17, 15) is 0 Å². The normalized spacial score (nSPS) is 27.3. The minimum absolute atomic E-state index is 0.343. The van der Waals surface area contributed by atoms with Crippen molar-refractivity contribution in [3.63, 3.8) is 0 Å². The maximum Gasteiger partial charge on any atom is 0.0404 e. The summed E-state index contributed by atoms with van der Waals surface area (Å²) in [5, 5.41) is 0.343. The molecule has 0 aromatic heterocycles. The molecule has 0 radical (unpaired) electrons. The summed E-state index contributed by atoms with van der Waals surface area (Å²) < 4.78 is 0. The summed E-state index contributed by atoms with van der Waals surface area (Å²) in [5.41, 5.74) is 2.76. The smallest absolute Gasteiger partial charge is 0.0404 e. The molecule has 15 heavy (non-hydrogen) atoms. The molecule has 1 aromatic rings. The highest BCUT2D eigenvalue weighted by atomic mass is 35.5. The van der Waals surface area contributed by atoms with Crippen molar-refractivity contribution in [3.05, 3.63) is 35.4 Å². The Hall–Kier alpha value is -0.490. The van der Waals surface area contributed by atoms with Crippen LogP contribution in [0.25, 0.3) is 0 Å². The molecule has 0 aliphatic heterocycles. The summed E-state index contributed by atoms with van der Waals surface area (Å²) >= 11 is 6.46. The minimum atomic E-state index is 0.343. The first-order valence-electron chi connectivity index (χ1n) is 5.98. The van der Waals surface area contributed by atoms with Crippen LogP contribution in [0.4, 0.5) is 0 Å². The molecule has 1 aliphatic carbocycles. The quantitative estimate of drug-likeness (QED) is 0.479. The zero-order valence-corrected chi connectivity index (χ0v) is 10.1. The zero-order chi connectivity index (χ0) is 10.7. The molecular weight excluding hydrogens is 204 g/mol. The molecule has 0 N–H and O–H groups in total. The summed E-state index contributed by atoms with van der Waals surface area (Å²) in [5.74, 6) is 0.578. The predicted molar refractivity (Wildman–Crippen MR) is 66.6 cm³/mol. The molecule has 1 aromatic carbocycles. The minimum Gasteiger partial charge on any atom is -0.122 e. The van der Waals surface area contributed by atoms with Gasteiger partial charge in [0.25, 0.3) is 0 Å². The number of hydrogen-bond acceptors (Lipinski definition) is 0. The Morgan fingerprint density at radius 3 is 2.40 bits per heavy atom. The average molecular weight is 223 g/mol. The topological polar surface area (TPSA) is 0 Å². The fourth-order valence-corrected chi connectivity index (χ4v) is 2.88. The number of benzene rings is 1. The highest BCUT2D eigenvalue weighted by molar-refractivity contribution is 6.21. The number of halogens is 1. The first kappa shape index (κ1) is 11.0. The number of rotatable bonds is 1. The van der Waals surface area contributed by atoms with Gasteiger partial charge in [0.2, 0.25) is 0 Å². The molecule has 0 saturated heterocycles. The van der Waals surface area contributed by atoms with E-state index >= 15 is 0 Å².